The molecule has 0 amide bonds. The first-order valence-corrected chi connectivity index (χ1v) is 10.2. The maximum absolute atomic E-state index is 12.0. The molecule has 1 saturated heterocycles. The zero-order valence-corrected chi connectivity index (χ0v) is 16.9. The highest BCUT2D eigenvalue weighted by Gasteiger charge is 2.27. The van der Waals surface area contributed by atoms with Crippen LogP contribution in [0.4, 0.5) is 17.3 Å². The van der Waals surface area contributed by atoms with Crippen LogP contribution in [0.2, 0.25) is 0 Å². The number of fused-ring (bicyclic) bond motifs is 1. The lowest BCUT2D eigenvalue weighted by Gasteiger charge is -2.32. The zero-order chi connectivity index (χ0) is 20.2. The maximum atomic E-state index is 12.0. The minimum atomic E-state index is -0.0826. The zero-order valence-electron chi connectivity index (χ0n) is 16.9. The number of carbonyl (C=O) groups is 1. The van der Waals surface area contributed by atoms with Crippen LogP contribution >= 0.6 is 0 Å². The van der Waals surface area contributed by atoms with Gasteiger partial charge in [-0.15, -0.1) is 10.2 Å². The van der Waals surface area contributed by atoms with Gasteiger partial charge in [-0.25, -0.2) is 0 Å². The molecule has 6 nitrogen and oxygen atoms in total. The molecule has 3 aromatic rings. The summed E-state index contributed by atoms with van der Waals surface area (Å²) in [6.45, 7) is 5.89. The van der Waals surface area contributed by atoms with Crippen molar-refractivity contribution in [2.24, 2.45) is 5.92 Å². The number of benzene rings is 2. The Morgan fingerprint density at radius 2 is 1.76 bits per heavy atom. The number of nitrogens with zero attached hydrogens (tertiary/aromatic N) is 3. The molecule has 2 heterocycles. The molecule has 6 heteroatoms. The summed E-state index contributed by atoms with van der Waals surface area (Å²) in [6, 6.07) is 16.4. The molecular formula is C23H26N4O2. The van der Waals surface area contributed by atoms with Crippen molar-refractivity contribution in [3.63, 3.8) is 0 Å². The van der Waals surface area contributed by atoms with Crippen LogP contribution in [0.15, 0.2) is 48.5 Å². The second kappa shape index (κ2) is 8.47. The fourth-order valence-corrected chi connectivity index (χ4v) is 3.78. The van der Waals surface area contributed by atoms with Gasteiger partial charge in [0.05, 0.1) is 12.5 Å². The summed E-state index contributed by atoms with van der Waals surface area (Å²) in [5.41, 5.74) is 2.20. The molecule has 0 saturated carbocycles. The van der Waals surface area contributed by atoms with E-state index in [2.05, 4.69) is 51.6 Å². The molecule has 4 rings (SSSR count). The van der Waals surface area contributed by atoms with Crippen LogP contribution in [0.3, 0.4) is 0 Å². The molecular weight excluding hydrogens is 364 g/mol. The van der Waals surface area contributed by atoms with E-state index in [0.29, 0.717) is 6.61 Å². The van der Waals surface area contributed by atoms with Crippen LogP contribution in [-0.4, -0.2) is 35.9 Å². The second-order valence-corrected chi connectivity index (χ2v) is 7.42. The fourth-order valence-electron chi connectivity index (χ4n) is 3.78. The topological polar surface area (TPSA) is 67.3 Å². The van der Waals surface area contributed by atoms with Gasteiger partial charge in [0.1, 0.15) is 0 Å². The van der Waals surface area contributed by atoms with Crippen LogP contribution in [-0.2, 0) is 9.53 Å². The molecule has 0 radical (unpaired) electrons. The number of aryl methyl sites for hydroxylation is 1. The molecule has 0 unspecified atom stereocenters. The molecule has 29 heavy (non-hydrogen) atoms. The van der Waals surface area contributed by atoms with Gasteiger partial charge in [0.15, 0.2) is 11.6 Å². The van der Waals surface area contributed by atoms with Gasteiger partial charge >= 0.3 is 5.97 Å². The number of piperidine rings is 1. The van der Waals surface area contributed by atoms with E-state index in [1.807, 2.05) is 31.2 Å². The van der Waals surface area contributed by atoms with Crippen LogP contribution < -0.4 is 10.2 Å². The van der Waals surface area contributed by atoms with Gasteiger partial charge < -0.3 is 15.0 Å². The van der Waals surface area contributed by atoms with Gasteiger partial charge in [-0.1, -0.05) is 42.0 Å². The third-order valence-electron chi connectivity index (χ3n) is 5.40. The highest BCUT2D eigenvalue weighted by molar-refractivity contribution is 5.99. The smallest absolute Gasteiger partial charge is 0.309 e. The van der Waals surface area contributed by atoms with Crippen molar-refractivity contribution in [3.05, 3.63) is 54.1 Å². The molecule has 2 aromatic carbocycles. The molecule has 150 valence electrons. The Morgan fingerprint density at radius 1 is 1.07 bits per heavy atom. The lowest BCUT2D eigenvalue weighted by Crippen LogP contribution is -2.37. The van der Waals surface area contributed by atoms with E-state index >= 15 is 0 Å². The van der Waals surface area contributed by atoms with E-state index in [-0.39, 0.29) is 11.9 Å². The van der Waals surface area contributed by atoms with Crippen LogP contribution in [0, 0.1) is 12.8 Å². The Kier molecular flexibility index (Phi) is 5.60. The number of hydrogen-bond donors (Lipinski definition) is 1. The van der Waals surface area contributed by atoms with Gasteiger partial charge in [-0.3, -0.25) is 4.79 Å². The number of nitrogens with one attached hydrogen (secondary N) is 1. The van der Waals surface area contributed by atoms with Gasteiger partial charge in [-0.2, -0.15) is 0 Å². The van der Waals surface area contributed by atoms with Crippen molar-refractivity contribution in [1.82, 2.24) is 10.2 Å². The fraction of sp³-hybridized carbons (Fsp3) is 0.348. The Hall–Kier alpha value is -3.15. The molecule has 1 fully saturated rings. The quantitative estimate of drug-likeness (QED) is 0.649. The van der Waals surface area contributed by atoms with Gasteiger partial charge in [-0.05, 0) is 38.8 Å². The Balaban J connectivity index is 1.57. The summed E-state index contributed by atoms with van der Waals surface area (Å²) in [5.74, 6) is 1.51. The SMILES string of the molecule is CCOC(=O)C1CCN(c2nnc(Nc3ccc(C)cc3)c3ccccc23)CC1. The summed E-state index contributed by atoms with van der Waals surface area (Å²) in [4.78, 5) is 14.2. The third kappa shape index (κ3) is 4.16. The average molecular weight is 390 g/mol. The maximum Gasteiger partial charge on any atom is 0.309 e. The molecule has 1 aromatic heterocycles. The molecule has 0 atom stereocenters. The summed E-state index contributed by atoms with van der Waals surface area (Å²) in [6.07, 6.45) is 1.55. The van der Waals surface area contributed by atoms with E-state index in [1.54, 1.807) is 0 Å². The first-order valence-electron chi connectivity index (χ1n) is 10.2. The predicted molar refractivity (Wildman–Crippen MR) is 116 cm³/mol. The predicted octanol–water partition coefficient (Wildman–Crippen LogP) is 4.46. The summed E-state index contributed by atoms with van der Waals surface area (Å²) in [5, 5.41) is 14.5. The minimum Gasteiger partial charge on any atom is -0.466 e. The highest BCUT2D eigenvalue weighted by atomic mass is 16.5. The molecule has 0 bridgehead atoms. The van der Waals surface area contributed by atoms with E-state index in [1.165, 1.54) is 5.56 Å². The van der Waals surface area contributed by atoms with Crippen molar-refractivity contribution in [2.45, 2.75) is 26.7 Å². The first-order chi connectivity index (χ1) is 14.2. The monoisotopic (exact) mass is 390 g/mol. The van der Waals surface area contributed by atoms with Gasteiger partial charge in [0.2, 0.25) is 0 Å². The second-order valence-electron chi connectivity index (χ2n) is 7.42. The molecule has 1 aliphatic heterocycles. The number of aromatic nitrogens is 2. The highest BCUT2D eigenvalue weighted by Crippen LogP contribution is 2.32. The van der Waals surface area contributed by atoms with E-state index in [0.717, 1.165) is 54.0 Å². The van der Waals surface area contributed by atoms with Crippen molar-refractivity contribution < 1.29 is 9.53 Å². The lowest BCUT2D eigenvalue weighted by atomic mass is 9.96. The standard InChI is InChI=1S/C23H26N4O2/c1-3-29-23(28)17-12-14-27(15-13-17)22-20-7-5-4-6-19(20)21(25-26-22)24-18-10-8-16(2)9-11-18/h4-11,17H,3,12-15H2,1-2H3,(H,24,25). The number of carbonyl (C=O) groups excluding carboxylic acids is 1. The molecule has 0 aliphatic carbocycles. The summed E-state index contributed by atoms with van der Waals surface area (Å²) < 4.78 is 5.18. The Morgan fingerprint density at radius 3 is 2.45 bits per heavy atom. The van der Waals surface area contributed by atoms with Crippen molar-refractivity contribution in [2.75, 3.05) is 29.9 Å². The Bertz CT molecular complexity index is 995. The lowest BCUT2D eigenvalue weighted by molar-refractivity contribution is -0.148. The van der Waals surface area contributed by atoms with E-state index in [9.17, 15) is 4.79 Å². The van der Waals surface area contributed by atoms with E-state index < -0.39 is 0 Å². The van der Waals surface area contributed by atoms with Crippen molar-refractivity contribution >= 4 is 34.1 Å². The first kappa shape index (κ1) is 19.2. The average Bonchev–Trinajstić information content (AvgIpc) is 2.76. The number of hydrogen-bond acceptors (Lipinski definition) is 6. The van der Waals surface area contributed by atoms with Gasteiger partial charge in [0.25, 0.3) is 0 Å². The molecule has 1 N–H and O–H groups in total. The molecule has 0 spiro atoms. The normalized spacial score (nSPS) is 14.8. The number of esters is 1. The van der Waals surface area contributed by atoms with Crippen LogP contribution in [0.1, 0.15) is 25.3 Å². The summed E-state index contributed by atoms with van der Waals surface area (Å²) in [7, 11) is 0. The third-order valence-corrected chi connectivity index (χ3v) is 5.40. The van der Waals surface area contributed by atoms with Gasteiger partial charge in [0, 0.05) is 29.5 Å². The van der Waals surface area contributed by atoms with Crippen molar-refractivity contribution in [1.29, 1.82) is 0 Å². The number of ether oxygens (including phenoxy) is 1. The largest absolute Gasteiger partial charge is 0.466 e. The summed E-state index contributed by atoms with van der Waals surface area (Å²) >= 11 is 0. The minimum absolute atomic E-state index is 0.0205. The Labute approximate surface area is 170 Å². The number of rotatable bonds is 5. The molecule has 1 aliphatic rings. The van der Waals surface area contributed by atoms with Crippen molar-refractivity contribution in [3.8, 4) is 0 Å². The number of anilines is 3. The van der Waals surface area contributed by atoms with E-state index in [4.69, 9.17) is 4.74 Å². The van der Waals surface area contributed by atoms with Crippen LogP contribution in [0.5, 0.6) is 0 Å². The van der Waals surface area contributed by atoms with Crippen LogP contribution in [0.25, 0.3) is 10.8 Å².